The Labute approximate surface area is 232 Å². The third kappa shape index (κ3) is 7.26. The van der Waals surface area contributed by atoms with Gasteiger partial charge in [-0.15, -0.1) is 0 Å². The van der Waals surface area contributed by atoms with Crippen LogP contribution in [0.2, 0.25) is 0 Å². The molecule has 0 unspecified atom stereocenters. The highest BCUT2D eigenvalue weighted by Crippen LogP contribution is 2.29. The van der Waals surface area contributed by atoms with Crippen LogP contribution in [0.15, 0.2) is 71.6 Å². The Morgan fingerprint density at radius 2 is 1.56 bits per heavy atom. The van der Waals surface area contributed by atoms with Gasteiger partial charge in [0.05, 0.1) is 10.6 Å². The smallest absolute Gasteiger partial charge is 0.264 e. The molecule has 0 aromatic heterocycles. The van der Waals surface area contributed by atoms with Gasteiger partial charge in [0.2, 0.25) is 11.8 Å². The summed E-state index contributed by atoms with van der Waals surface area (Å²) in [5.41, 5.74) is 4.93. The summed E-state index contributed by atoms with van der Waals surface area (Å²) in [6, 6.07) is 18.9. The predicted molar refractivity (Wildman–Crippen MR) is 156 cm³/mol. The van der Waals surface area contributed by atoms with Crippen LogP contribution in [0.25, 0.3) is 0 Å². The van der Waals surface area contributed by atoms with Crippen molar-refractivity contribution in [3.8, 4) is 0 Å². The van der Waals surface area contributed by atoms with Gasteiger partial charge < -0.3 is 10.2 Å². The minimum absolute atomic E-state index is 0.0979. The molecule has 0 radical (unpaired) electrons. The monoisotopic (exact) mass is 549 g/mol. The van der Waals surface area contributed by atoms with E-state index in [0.717, 1.165) is 34.2 Å². The molecule has 0 aliphatic rings. The summed E-state index contributed by atoms with van der Waals surface area (Å²) in [5.74, 6) is -0.746. The molecule has 0 aliphatic heterocycles. The Hall–Kier alpha value is -3.65. The van der Waals surface area contributed by atoms with Crippen LogP contribution >= 0.6 is 0 Å². The van der Waals surface area contributed by atoms with Crippen LogP contribution in [0.4, 0.5) is 5.69 Å². The maximum absolute atomic E-state index is 14.0. The van der Waals surface area contributed by atoms with E-state index in [1.54, 1.807) is 43.3 Å². The van der Waals surface area contributed by atoms with E-state index in [0.29, 0.717) is 12.2 Å². The fraction of sp³-hybridized carbons (Fsp3) is 0.355. The van der Waals surface area contributed by atoms with Gasteiger partial charge in [-0.25, -0.2) is 8.42 Å². The molecule has 0 heterocycles. The SMILES string of the molecule is CCCNC(=O)[C@H](C)N(Cc1cccc(C)c1)C(=O)CN(c1cccc(C)c1C)S(=O)(=O)c1ccc(C)cc1. The van der Waals surface area contributed by atoms with Gasteiger partial charge in [-0.1, -0.05) is 66.6 Å². The summed E-state index contributed by atoms with van der Waals surface area (Å²) < 4.78 is 29.1. The van der Waals surface area contributed by atoms with Crippen LogP contribution in [0.1, 0.15) is 48.1 Å². The van der Waals surface area contributed by atoms with Gasteiger partial charge in [0.1, 0.15) is 12.6 Å². The number of rotatable bonds is 11. The van der Waals surface area contributed by atoms with Gasteiger partial charge in [0.25, 0.3) is 10.0 Å². The number of benzene rings is 3. The molecular weight excluding hydrogens is 510 g/mol. The van der Waals surface area contributed by atoms with Crippen molar-refractivity contribution in [3.05, 3.63) is 94.5 Å². The topological polar surface area (TPSA) is 86.8 Å². The van der Waals surface area contributed by atoms with Crippen molar-refractivity contribution in [1.82, 2.24) is 10.2 Å². The number of carbonyl (C=O) groups is 2. The average molecular weight is 550 g/mol. The van der Waals surface area contributed by atoms with Crippen molar-refractivity contribution in [3.63, 3.8) is 0 Å². The summed E-state index contributed by atoms with van der Waals surface area (Å²) in [4.78, 5) is 28.5. The molecule has 0 saturated carbocycles. The first-order valence-electron chi connectivity index (χ1n) is 13.2. The van der Waals surface area contributed by atoms with Crippen molar-refractivity contribution >= 4 is 27.5 Å². The molecule has 0 bridgehead atoms. The number of amides is 2. The number of nitrogens with one attached hydrogen (secondary N) is 1. The number of aryl methyl sites for hydroxylation is 3. The molecule has 1 N–H and O–H groups in total. The van der Waals surface area contributed by atoms with Crippen LogP contribution in [0, 0.1) is 27.7 Å². The first kappa shape index (κ1) is 29.9. The predicted octanol–water partition coefficient (Wildman–Crippen LogP) is 5.06. The van der Waals surface area contributed by atoms with Gasteiger partial charge in [-0.2, -0.15) is 0 Å². The van der Waals surface area contributed by atoms with Crippen molar-refractivity contribution in [2.45, 2.75) is 65.4 Å². The van der Waals surface area contributed by atoms with Crippen molar-refractivity contribution in [2.75, 3.05) is 17.4 Å². The molecule has 0 saturated heterocycles. The van der Waals surface area contributed by atoms with Gasteiger partial charge in [0.15, 0.2) is 0 Å². The van der Waals surface area contributed by atoms with E-state index in [-0.39, 0.29) is 17.3 Å². The Morgan fingerprint density at radius 3 is 2.21 bits per heavy atom. The lowest BCUT2D eigenvalue weighted by atomic mass is 10.1. The van der Waals surface area contributed by atoms with E-state index in [9.17, 15) is 18.0 Å². The Balaban J connectivity index is 2.06. The molecule has 0 aliphatic carbocycles. The third-order valence-corrected chi connectivity index (χ3v) is 8.66. The Kier molecular flexibility index (Phi) is 9.92. The highest BCUT2D eigenvalue weighted by atomic mass is 32.2. The molecular formula is C31H39N3O4S. The lowest BCUT2D eigenvalue weighted by Crippen LogP contribution is -2.51. The summed E-state index contributed by atoms with van der Waals surface area (Å²) in [6.07, 6.45) is 0.763. The standard InChI is InChI=1S/C31H39N3O4S/c1-7-18-32-31(36)26(6)33(20-27-12-8-10-23(3)19-27)30(35)21-34(29-13-9-11-24(4)25(29)5)39(37,38)28-16-14-22(2)15-17-28/h8-17,19,26H,7,18,20-21H2,1-6H3,(H,32,36)/t26-/m0/s1. The lowest BCUT2D eigenvalue weighted by molar-refractivity contribution is -0.139. The number of sulfonamides is 1. The molecule has 3 aromatic carbocycles. The summed E-state index contributed by atoms with van der Waals surface area (Å²) >= 11 is 0. The van der Waals surface area contributed by atoms with Gasteiger partial charge in [-0.05, 0) is 75.9 Å². The minimum atomic E-state index is -4.09. The Bertz CT molecular complexity index is 1420. The first-order chi connectivity index (χ1) is 18.4. The zero-order valence-electron chi connectivity index (χ0n) is 23.7. The van der Waals surface area contributed by atoms with E-state index in [1.165, 1.54) is 9.21 Å². The number of hydrogen-bond donors (Lipinski definition) is 1. The van der Waals surface area contributed by atoms with E-state index in [1.807, 2.05) is 65.0 Å². The summed E-state index contributed by atoms with van der Waals surface area (Å²) in [7, 11) is -4.09. The molecule has 3 rings (SSSR count). The second-order valence-corrected chi connectivity index (χ2v) is 11.9. The van der Waals surface area contributed by atoms with Crippen LogP contribution in [-0.4, -0.2) is 44.3 Å². The molecule has 208 valence electrons. The van der Waals surface area contributed by atoms with Crippen molar-refractivity contribution in [2.24, 2.45) is 0 Å². The number of hydrogen-bond acceptors (Lipinski definition) is 4. The van der Waals surface area contributed by atoms with Gasteiger partial charge >= 0.3 is 0 Å². The van der Waals surface area contributed by atoms with E-state index < -0.39 is 28.5 Å². The largest absolute Gasteiger partial charge is 0.354 e. The van der Waals surface area contributed by atoms with Crippen LogP contribution in [0.3, 0.4) is 0 Å². The highest BCUT2D eigenvalue weighted by Gasteiger charge is 2.33. The van der Waals surface area contributed by atoms with Gasteiger partial charge in [-0.3, -0.25) is 13.9 Å². The van der Waals surface area contributed by atoms with E-state index in [2.05, 4.69) is 5.32 Å². The van der Waals surface area contributed by atoms with Crippen molar-refractivity contribution in [1.29, 1.82) is 0 Å². The van der Waals surface area contributed by atoms with E-state index in [4.69, 9.17) is 0 Å². The molecule has 7 nitrogen and oxygen atoms in total. The highest BCUT2D eigenvalue weighted by molar-refractivity contribution is 7.92. The quantitative estimate of drug-likeness (QED) is 0.362. The van der Waals surface area contributed by atoms with Gasteiger partial charge in [0, 0.05) is 13.1 Å². The molecule has 2 amide bonds. The van der Waals surface area contributed by atoms with Crippen molar-refractivity contribution < 1.29 is 18.0 Å². The van der Waals surface area contributed by atoms with E-state index >= 15 is 0 Å². The fourth-order valence-electron chi connectivity index (χ4n) is 4.34. The Morgan fingerprint density at radius 1 is 0.897 bits per heavy atom. The molecule has 39 heavy (non-hydrogen) atoms. The van der Waals surface area contributed by atoms with Crippen LogP contribution < -0.4 is 9.62 Å². The summed E-state index contributed by atoms with van der Waals surface area (Å²) in [6.45, 7) is 11.4. The molecule has 8 heteroatoms. The van der Waals surface area contributed by atoms with Crippen LogP contribution in [0.5, 0.6) is 0 Å². The zero-order chi connectivity index (χ0) is 28.7. The lowest BCUT2D eigenvalue weighted by Gasteiger charge is -2.32. The fourth-order valence-corrected chi connectivity index (χ4v) is 5.81. The second kappa shape index (κ2) is 12.9. The maximum atomic E-state index is 14.0. The second-order valence-electron chi connectivity index (χ2n) is 10.0. The molecule has 0 spiro atoms. The maximum Gasteiger partial charge on any atom is 0.264 e. The first-order valence-corrected chi connectivity index (χ1v) is 14.7. The number of nitrogens with zero attached hydrogens (tertiary/aromatic N) is 2. The molecule has 1 atom stereocenters. The number of carbonyl (C=O) groups excluding carboxylic acids is 2. The third-order valence-electron chi connectivity index (χ3n) is 6.88. The zero-order valence-corrected chi connectivity index (χ0v) is 24.5. The molecule has 3 aromatic rings. The summed E-state index contributed by atoms with van der Waals surface area (Å²) in [5, 5.41) is 2.86. The minimum Gasteiger partial charge on any atom is -0.354 e. The normalized spacial score (nSPS) is 12.1. The van der Waals surface area contributed by atoms with Crippen LogP contribution in [-0.2, 0) is 26.2 Å². The number of anilines is 1. The average Bonchev–Trinajstić information content (AvgIpc) is 2.90. The molecule has 0 fully saturated rings.